The van der Waals surface area contributed by atoms with E-state index in [9.17, 15) is 0 Å². The molecule has 0 saturated heterocycles. The lowest BCUT2D eigenvalue weighted by Crippen LogP contribution is -1.74. The zero-order valence-electron chi connectivity index (χ0n) is 10.1. The number of thiazole rings is 1. The lowest BCUT2D eigenvalue weighted by molar-refractivity contribution is 1.45. The first-order chi connectivity index (χ1) is 8.81. The summed E-state index contributed by atoms with van der Waals surface area (Å²) in [4.78, 5) is 4.58. The van der Waals surface area contributed by atoms with Crippen molar-refractivity contribution in [2.75, 3.05) is 0 Å². The molecule has 1 aromatic heterocycles. The van der Waals surface area contributed by atoms with E-state index in [0.29, 0.717) is 0 Å². The summed E-state index contributed by atoms with van der Waals surface area (Å²) in [5, 5.41) is 1.05. The molecule has 0 saturated carbocycles. The Bertz CT molecular complexity index is 677. The van der Waals surface area contributed by atoms with Crippen molar-refractivity contribution in [2.24, 2.45) is 0 Å². The van der Waals surface area contributed by atoms with Gasteiger partial charge in [-0.05, 0) is 30.7 Å². The Morgan fingerprint density at radius 2 is 1.89 bits per heavy atom. The second-order valence-corrected chi connectivity index (χ2v) is 5.33. The lowest BCUT2D eigenvalue weighted by atomic mass is 10.1. The summed E-state index contributed by atoms with van der Waals surface area (Å²) in [6.45, 7) is 2.11. The molecular formula is C16H13NS. The van der Waals surface area contributed by atoms with Crippen molar-refractivity contribution >= 4 is 33.7 Å². The van der Waals surface area contributed by atoms with Crippen LogP contribution in [0.15, 0.2) is 48.5 Å². The maximum atomic E-state index is 4.58. The predicted molar refractivity (Wildman–Crippen MR) is 79.7 cm³/mol. The van der Waals surface area contributed by atoms with E-state index >= 15 is 0 Å². The molecule has 2 heteroatoms. The second-order valence-electron chi connectivity index (χ2n) is 4.27. The maximum absolute atomic E-state index is 4.58. The molecule has 0 N–H and O–H groups in total. The van der Waals surface area contributed by atoms with Crippen LogP contribution in [0.5, 0.6) is 0 Å². The number of nitrogens with zero attached hydrogens (tertiary/aromatic N) is 1. The fourth-order valence-corrected chi connectivity index (χ4v) is 2.77. The normalized spacial score (nSPS) is 11.4. The number of rotatable bonds is 2. The zero-order valence-corrected chi connectivity index (χ0v) is 10.9. The summed E-state index contributed by atoms with van der Waals surface area (Å²) >= 11 is 1.72. The molecule has 0 unspecified atom stereocenters. The van der Waals surface area contributed by atoms with Gasteiger partial charge in [-0.2, -0.15) is 0 Å². The first-order valence-electron chi connectivity index (χ1n) is 5.91. The monoisotopic (exact) mass is 251 g/mol. The maximum Gasteiger partial charge on any atom is 0.117 e. The second kappa shape index (κ2) is 4.75. The van der Waals surface area contributed by atoms with Crippen molar-refractivity contribution in [2.45, 2.75) is 6.92 Å². The highest BCUT2D eigenvalue weighted by Crippen LogP contribution is 2.23. The van der Waals surface area contributed by atoms with Crippen LogP contribution in [0, 0.1) is 6.92 Å². The van der Waals surface area contributed by atoms with E-state index in [1.807, 2.05) is 6.07 Å². The summed E-state index contributed by atoms with van der Waals surface area (Å²) in [6, 6.07) is 16.7. The highest BCUT2D eigenvalue weighted by molar-refractivity contribution is 7.19. The van der Waals surface area contributed by atoms with Gasteiger partial charge in [0, 0.05) is 0 Å². The van der Waals surface area contributed by atoms with Gasteiger partial charge in [0.05, 0.1) is 10.2 Å². The molecule has 0 fully saturated rings. The molecule has 0 aliphatic carbocycles. The minimum Gasteiger partial charge on any atom is -0.237 e. The molecule has 0 bridgehead atoms. The van der Waals surface area contributed by atoms with Gasteiger partial charge in [0.25, 0.3) is 0 Å². The molecule has 3 rings (SSSR count). The quantitative estimate of drug-likeness (QED) is 0.639. The smallest absolute Gasteiger partial charge is 0.117 e. The Morgan fingerprint density at radius 3 is 2.72 bits per heavy atom. The number of aromatic nitrogens is 1. The van der Waals surface area contributed by atoms with Gasteiger partial charge >= 0.3 is 0 Å². The van der Waals surface area contributed by atoms with Gasteiger partial charge in [-0.1, -0.05) is 48.0 Å². The molecule has 0 atom stereocenters. The third-order valence-corrected chi connectivity index (χ3v) is 3.77. The SMILES string of the molecule is Cc1cccc(C=Cc2nc3ccccc3s2)c1. The van der Waals surface area contributed by atoms with Gasteiger partial charge in [0.2, 0.25) is 0 Å². The van der Waals surface area contributed by atoms with Gasteiger partial charge in [0.15, 0.2) is 0 Å². The number of hydrogen-bond donors (Lipinski definition) is 0. The number of benzene rings is 2. The zero-order chi connectivity index (χ0) is 12.4. The summed E-state index contributed by atoms with van der Waals surface area (Å²) < 4.78 is 1.24. The Hall–Kier alpha value is -1.93. The Kier molecular flexibility index (Phi) is 2.95. The van der Waals surface area contributed by atoms with Crippen molar-refractivity contribution < 1.29 is 0 Å². The molecule has 3 aromatic rings. The lowest BCUT2D eigenvalue weighted by Gasteiger charge is -1.94. The molecule has 18 heavy (non-hydrogen) atoms. The molecule has 0 aliphatic rings. The van der Waals surface area contributed by atoms with Crippen molar-refractivity contribution in [3.8, 4) is 0 Å². The van der Waals surface area contributed by atoms with E-state index in [0.717, 1.165) is 10.5 Å². The fraction of sp³-hybridized carbons (Fsp3) is 0.0625. The molecule has 0 spiro atoms. The Balaban J connectivity index is 1.92. The van der Waals surface area contributed by atoms with Crippen LogP contribution < -0.4 is 0 Å². The molecule has 2 aromatic carbocycles. The predicted octanol–water partition coefficient (Wildman–Crippen LogP) is 4.78. The van der Waals surface area contributed by atoms with Gasteiger partial charge in [-0.3, -0.25) is 0 Å². The third-order valence-electron chi connectivity index (χ3n) is 2.77. The topological polar surface area (TPSA) is 12.9 Å². The van der Waals surface area contributed by atoms with Crippen LogP contribution in [0.3, 0.4) is 0 Å². The fourth-order valence-electron chi connectivity index (χ4n) is 1.90. The minimum absolute atomic E-state index is 1.05. The van der Waals surface area contributed by atoms with Crippen LogP contribution in [-0.4, -0.2) is 4.98 Å². The third kappa shape index (κ3) is 2.34. The van der Waals surface area contributed by atoms with Crippen molar-refractivity contribution in [3.05, 3.63) is 64.7 Å². The van der Waals surface area contributed by atoms with E-state index < -0.39 is 0 Å². The van der Waals surface area contributed by atoms with E-state index in [1.54, 1.807) is 11.3 Å². The molecular weight excluding hydrogens is 238 g/mol. The highest BCUT2D eigenvalue weighted by atomic mass is 32.1. The van der Waals surface area contributed by atoms with Gasteiger partial charge < -0.3 is 0 Å². The van der Waals surface area contributed by atoms with Crippen LogP contribution in [0.4, 0.5) is 0 Å². The molecule has 1 nitrogen and oxygen atoms in total. The van der Waals surface area contributed by atoms with Crippen LogP contribution >= 0.6 is 11.3 Å². The van der Waals surface area contributed by atoms with Crippen LogP contribution in [0.2, 0.25) is 0 Å². The van der Waals surface area contributed by atoms with Gasteiger partial charge in [-0.15, -0.1) is 11.3 Å². The Morgan fingerprint density at radius 1 is 1.00 bits per heavy atom. The van der Waals surface area contributed by atoms with E-state index in [4.69, 9.17) is 0 Å². The highest BCUT2D eigenvalue weighted by Gasteiger charge is 1.99. The minimum atomic E-state index is 1.05. The van der Waals surface area contributed by atoms with Gasteiger partial charge in [-0.25, -0.2) is 4.98 Å². The largest absolute Gasteiger partial charge is 0.237 e. The molecule has 1 heterocycles. The average Bonchev–Trinajstić information content (AvgIpc) is 2.79. The molecule has 0 radical (unpaired) electrons. The summed E-state index contributed by atoms with van der Waals surface area (Å²) in [6.07, 6.45) is 4.20. The molecule has 0 aliphatic heterocycles. The van der Waals surface area contributed by atoms with Crippen molar-refractivity contribution in [1.29, 1.82) is 0 Å². The summed E-state index contributed by atoms with van der Waals surface area (Å²) in [7, 11) is 0. The molecule has 0 amide bonds. The van der Waals surface area contributed by atoms with Crippen molar-refractivity contribution in [1.82, 2.24) is 4.98 Å². The van der Waals surface area contributed by atoms with E-state index in [2.05, 4.69) is 66.5 Å². The van der Waals surface area contributed by atoms with E-state index in [1.165, 1.54) is 15.8 Å². The average molecular weight is 251 g/mol. The van der Waals surface area contributed by atoms with Crippen LogP contribution in [0.1, 0.15) is 16.1 Å². The number of aryl methyl sites for hydroxylation is 1. The Labute approximate surface area is 110 Å². The van der Waals surface area contributed by atoms with Gasteiger partial charge in [0.1, 0.15) is 5.01 Å². The number of fused-ring (bicyclic) bond motifs is 1. The molecule has 88 valence electrons. The summed E-state index contributed by atoms with van der Waals surface area (Å²) in [5.74, 6) is 0. The van der Waals surface area contributed by atoms with Crippen LogP contribution in [0.25, 0.3) is 22.4 Å². The van der Waals surface area contributed by atoms with Crippen LogP contribution in [-0.2, 0) is 0 Å². The van der Waals surface area contributed by atoms with E-state index in [-0.39, 0.29) is 0 Å². The number of hydrogen-bond acceptors (Lipinski definition) is 2. The first-order valence-corrected chi connectivity index (χ1v) is 6.73. The van der Waals surface area contributed by atoms with Crippen molar-refractivity contribution in [3.63, 3.8) is 0 Å². The number of para-hydroxylation sites is 1. The summed E-state index contributed by atoms with van der Waals surface area (Å²) in [5.41, 5.74) is 3.57. The standard InChI is InChI=1S/C16H13NS/c1-12-5-4-6-13(11-12)9-10-16-17-14-7-2-3-8-15(14)18-16/h2-11H,1H3. The first kappa shape index (κ1) is 11.2.